The summed E-state index contributed by atoms with van der Waals surface area (Å²) in [6, 6.07) is 7.43. The van der Waals surface area contributed by atoms with E-state index in [2.05, 4.69) is 22.4 Å². The number of anilines is 1. The maximum absolute atomic E-state index is 11.2. The molecule has 5 nitrogen and oxygen atoms in total. The quantitative estimate of drug-likeness (QED) is 0.865. The second-order valence-corrected chi connectivity index (χ2v) is 4.93. The predicted molar refractivity (Wildman–Crippen MR) is 67.8 cm³/mol. The number of carbonyl (C=O) groups is 1. The maximum Gasteiger partial charge on any atom is 0.358 e. The number of fused-ring (bicyclic) bond motifs is 1. The molecule has 92 valence electrons. The molecule has 0 amide bonds. The Balaban J connectivity index is 2.21. The molecule has 0 atom stereocenters. The minimum absolute atomic E-state index is 0.00396. The molecule has 5 heteroatoms. The summed E-state index contributed by atoms with van der Waals surface area (Å²) in [5.41, 5.74) is 1.26. The molecule has 2 aromatic rings. The van der Waals surface area contributed by atoms with E-state index in [4.69, 9.17) is 0 Å². The molecule has 0 aliphatic heterocycles. The number of hydrogen-bond donors (Lipinski definition) is 2. The van der Waals surface area contributed by atoms with Crippen LogP contribution in [0.5, 0.6) is 0 Å². The van der Waals surface area contributed by atoms with Gasteiger partial charge in [0.1, 0.15) is 0 Å². The number of nitrogens with one attached hydrogen (secondary N) is 1. The Morgan fingerprint density at radius 3 is 2.72 bits per heavy atom. The van der Waals surface area contributed by atoms with Crippen LogP contribution in [0.15, 0.2) is 24.3 Å². The van der Waals surface area contributed by atoms with E-state index in [-0.39, 0.29) is 11.2 Å². The fourth-order valence-corrected chi connectivity index (χ4v) is 1.94. The summed E-state index contributed by atoms with van der Waals surface area (Å²) in [6.07, 6.45) is 2.09. The van der Waals surface area contributed by atoms with Gasteiger partial charge in [0.2, 0.25) is 0 Å². The van der Waals surface area contributed by atoms with Gasteiger partial charge in [-0.3, -0.25) is 0 Å². The number of carboxylic acid groups (broad SMARTS) is 1. The second kappa shape index (κ2) is 3.66. The van der Waals surface area contributed by atoms with Gasteiger partial charge in [0.25, 0.3) is 0 Å². The number of hydrogen-bond acceptors (Lipinski definition) is 4. The monoisotopic (exact) mass is 243 g/mol. The number of rotatable bonds is 3. The van der Waals surface area contributed by atoms with Gasteiger partial charge < -0.3 is 10.4 Å². The first-order valence-electron chi connectivity index (χ1n) is 5.86. The highest BCUT2D eigenvalue weighted by atomic mass is 16.4. The predicted octanol–water partition coefficient (Wildman–Crippen LogP) is 2.29. The van der Waals surface area contributed by atoms with Crippen LogP contribution < -0.4 is 5.32 Å². The van der Waals surface area contributed by atoms with Crippen molar-refractivity contribution in [1.29, 1.82) is 0 Å². The average molecular weight is 243 g/mol. The molecule has 0 bridgehead atoms. The zero-order valence-corrected chi connectivity index (χ0v) is 9.97. The summed E-state index contributed by atoms with van der Waals surface area (Å²) in [5, 5.41) is 21.1. The maximum atomic E-state index is 11.2. The van der Waals surface area contributed by atoms with Crippen molar-refractivity contribution >= 4 is 22.6 Å². The van der Waals surface area contributed by atoms with Gasteiger partial charge in [-0.05, 0) is 25.8 Å². The number of carboxylic acids is 1. The number of benzene rings is 1. The molecule has 1 aromatic heterocycles. The molecule has 18 heavy (non-hydrogen) atoms. The summed E-state index contributed by atoms with van der Waals surface area (Å²) in [5.74, 6) is -1.06. The molecule has 1 aliphatic carbocycles. The molecule has 0 unspecified atom stereocenters. The first-order chi connectivity index (χ1) is 8.59. The third-order valence-corrected chi connectivity index (χ3v) is 3.30. The van der Waals surface area contributed by atoms with Gasteiger partial charge in [0.15, 0.2) is 5.69 Å². The largest absolute Gasteiger partial charge is 0.476 e. The molecule has 1 fully saturated rings. The van der Waals surface area contributed by atoms with Crippen molar-refractivity contribution in [3.8, 4) is 0 Å². The lowest BCUT2D eigenvalue weighted by molar-refractivity contribution is 0.0690. The first kappa shape index (κ1) is 11.0. The van der Waals surface area contributed by atoms with Crippen molar-refractivity contribution in [2.24, 2.45) is 0 Å². The van der Waals surface area contributed by atoms with Crippen molar-refractivity contribution in [2.75, 3.05) is 5.32 Å². The molecular formula is C13H13N3O2. The van der Waals surface area contributed by atoms with Crippen LogP contribution in [0, 0.1) is 0 Å². The minimum atomic E-state index is -1.06. The normalized spacial score (nSPS) is 16.5. The first-order valence-corrected chi connectivity index (χ1v) is 5.86. The second-order valence-electron chi connectivity index (χ2n) is 4.93. The Hall–Kier alpha value is -2.17. The standard InChI is InChI=1S/C13H13N3O2/c1-13(6-7-13)14-10-8-4-2-3-5-9(8)15-16-11(10)12(17)18/h2-5H,6-7H2,1H3,(H,14,15)(H,17,18). The van der Waals surface area contributed by atoms with E-state index in [1.165, 1.54) is 0 Å². The molecule has 1 aromatic carbocycles. The molecule has 1 aliphatic rings. The molecule has 1 saturated carbocycles. The van der Waals surface area contributed by atoms with Gasteiger partial charge in [-0.2, -0.15) is 0 Å². The third-order valence-electron chi connectivity index (χ3n) is 3.30. The zero-order chi connectivity index (χ0) is 12.8. The van der Waals surface area contributed by atoms with Crippen LogP contribution in [0.4, 0.5) is 5.69 Å². The van der Waals surface area contributed by atoms with Crippen LogP contribution in [0.3, 0.4) is 0 Å². The van der Waals surface area contributed by atoms with Gasteiger partial charge >= 0.3 is 5.97 Å². The van der Waals surface area contributed by atoms with Crippen LogP contribution >= 0.6 is 0 Å². The number of aromatic nitrogens is 2. The summed E-state index contributed by atoms with van der Waals surface area (Å²) < 4.78 is 0. The highest BCUT2D eigenvalue weighted by Crippen LogP contribution is 2.40. The lowest BCUT2D eigenvalue weighted by Gasteiger charge is -2.16. The third kappa shape index (κ3) is 1.77. The topological polar surface area (TPSA) is 75.1 Å². The molecule has 3 rings (SSSR count). The van der Waals surface area contributed by atoms with Crippen LogP contribution in [-0.2, 0) is 0 Å². The average Bonchev–Trinajstić information content (AvgIpc) is 3.07. The number of nitrogens with zero attached hydrogens (tertiary/aromatic N) is 2. The Labute approximate surface area is 104 Å². The van der Waals surface area contributed by atoms with Gasteiger partial charge in [0.05, 0.1) is 11.2 Å². The lowest BCUT2D eigenvalue weighted by atomic mass is 10.1. The summed E-state index contributed by atoms with van der Waals surface area (Å²) in [6.45, 7) is 2.08. The summed E-state index contributed by atoms with van der Waals surface area (Å²) in [7, 11) is 0. The highest BCUT2D eigenvalue weighted by Gasteiger charge is 2.38. The summed E-state index contributed by atoms with van der Waals surface area (Å²) in [4.78, 5) is 11.2. The highest BCUT2D eigenvalue weighted by molar-refractivity contribution is 6.02. The van der Waals surface area contributed by atoms with E-state index in [1.54, 1.807) is 0 Å². The minimum Gasteiger partial charge on any atom is -0.476 e. The molecule has 2 N–H and O–H groups in total. The van der Waals surface area contributed by atoms with Gasteiger partial charge in [-0.25, -0.2) is 4.79 Å². The van der Waals surface area contributed by atoms with E-state index in [9.17, 15) is 9.90 Å². The van der Waals surface area contributed by atoms with Crippen molar-refractivity contribution in [1.82, 2.24) is 10.2 Å². The van der Waals surface area contributed by atoms with Gasteiger partial charge in [0, 0.05) is 10.9 Å². The molecular weight excluding hydrogens is 230 g/mol. The van der Waals surface area contributed by atoms with Crippen LogP contribution in [0.2, 0.25) is 0 Å². The fourth-order valence-electron chi connectivity index (χ4n) is 1.94. The van der Waals surface area contributed by atoms with E-state index in [0.29, 0.717) is 11.2 Å². The Kier molecular flexibility index (Phi) is 2.23. The van der Waals surface area contributed by atoms with E-state index in [1.807, 2.05) is 24.3 Å². The number of aromatic carboxylic acids is 1. The Morgan fingerprint density at radius 1 is 1.33 bits per heavy atom. The van der Waals surface area contributed by atoms with Gasteiger partial charge in [-0.1, -0.05) is 18.2 Å². The van der Waals surface area contributed by atoms with Crippen molar-refractivity contribution < 1.29 is 9.90 Å². The lowest BCUT2D eigenvalue weighted by Crippen LogP contribution is -2.20. The Morgan fingerprint density at radius 2 is 2.06 bits per heavy atom. The molecule has 0 saturated heterocycles. The van der Waals surface area contributed by atoms with E-state index in [0.717, 1.165) is 18.2 Å². The fraction of sp³-hybridized carbons (Fsp3) is 0.308. The SMILES string of the molecule is CC1(Nc2c(C(=O)O)nnc3ccccc23)CC1. The van der Waals surface area contributed by atoms with Gasteiger partial charge in [-0.15, -0.1) is 10.2 Å². The zero-order valence-electron chi connectivity index (χ0n) is 9.97. The Bertz CT molecular complexity index is 635. The van der Waals surface area contributed by atoms with E-state index < -0.39 is 5.97 Å². The smallest absolute Gasteiger partial charge is 0.358 e. The molecule has 0 spiro atoms. The van der Waals surface area contributed by atoms with E-state index >= 15 is 0 Å². The molecule has 1 heterocycles. The summed E-state index contributed by atoms with van der Waals surface area (Å²) >= 11 is 0. The van der Waals surface area contributed by atoms with Crippen LogP contribution in [0.25, 0.3) is 10.9 Å². The van der Waals surface area contributed by atoms with Crippen molar-refractivity contribution in [3.05, 3.63) is 30.0 Å². The van der Waals surface area contributed by atoms with Crippen LogP contribution in [0.1, 0.15) is 30.3 Å². The van der Waals surface area contributed by atoms with Crippen LogP contribution in [-0.4, -0.2) is 26.8 Å². The van der Waals surface area contributed by atoms with Crippen molar-refractivity contribution in [2.45, 2.75) is 25.3 Å². The van der Waals surface area contributed by atoms with Crippen molar-refractivity contribution in [3.63, 3.8) is 0 Å². The molecule has 0 radical (unpaired) electrons.